The molecule has 0 saturated heterocycles. The van der Waals surface area contributed by atoms with Gasteiger partial charge in [0.05, 0.1) is 11.2 Å². The third-order valence-electron chi connectivity index (χ3n) is 4.02. The standard InChI is InChI=1S/C19H14ClF2NO4S/c20-12-6-8-13(9-7-12)28(25,26)17(16-5-2-10-27-16)11-23-19(24)18-14(21)3-1-4-15(18)22/h1-10,17H,11H2,(H,23,24)/t17-/m0/s1. The summed E-state index contributed by atoms with van der Waals surface area (Å²) in [6, 6.07) is 11.4. The predicted molar refractivity (Wildman–Crippen MR) is 98.8 cm³/mol. The van der Waals surface area contributed by atoms with Gasteiger partial charge in [-0.3, -0.25) is 4.79 Å². The van der Waals surface area contributed by atoms with E-state index in [2.05, 4.69) is 5.32 Å². The molecular formula is C19H14ClF2NO4S. The van der Waals surface area contributed by atoms with E-state index in [4.69, 9.17) is 16.0 Å². The summed E-state index contributed by atoms with van der Waals surface area (Å²) in [5.74, 6) is -3.09. The quantitative estimate of drug-likeness (QED) is 0.643. The van der Waals surface area contributed by atoms with Crippen LogP contribution in [0.1, 0.15) is 21.4 Å². The Morgan fingerprint density at radius 3 is 2.25 bits per heavy atom. The average molecular weight is 426 g/mol. The molecule has 3 rings (SSSR count). The van der Waals surface area contributed by atoms with Crippen LogP contribution in [0.3, 0.4) is 0 Å². The van der Waals surface area contributed by atoms with Gasteiger partial charge in [0.25, 0.3) is 5.91 Å². The van der Waals surface area contributed by atoms with Crippen molar-refractivity contribution in [3.8, 4) is 0 Å². The second kappa shape index (κ2) is 8.12. The maximum Gasteiger partial charge on any atom is 0.257 e. The first-order valence-corrected chi connectivity index (χ1v) is 9.98. The first-order chi connectivity index (χ1) is 13.3. The first-order valence-electron chi connectivity index (χ1n) is 8.06. The molecule has 0 saturated carbocycles. The highest BCUT2D eigenvalue weighted by Crippen LogP contribution is 2.29. The molecule has 0 spiro atoms. The van der Waals surface area contributed by atoms with E-state index in [1.165, 1.54) is 42.7 Å². The largest absolute Gasteiger partial charge is 0.468 e. The molecule has 0 bridgehead atoms. The number of furan rings is 1. The van der Waals surface area contributed by atoms with Crippen molar-refractivity contribution >= 4 is 27.3 Å². The van der Waals surface area contributed by atoms with Crippen LogP contribution in [-0.4, -0.2) is 20.9 Å². The van der Waals surface area contributed by atoms with Crippen molar-refractivity contribution < 1.29 is 26.4 Å². The second-order valence-electron chi connectivity index (χ2n) is 5.81. The Morgan fingerprint density at radius 1 is 1.04 bits per heavy atom. The fourth-order valence-electron chi connectivity index (χ4n) is 2.61. The molecule has 1 atom stereocenters. The van der Waals surface area contributed by atoms with Crippen LogP contribution in [-0.2, 0) is 9.84 Å². The molecule has 0 aliphatic heterocycles. The number of carbonyl (C=O) groups excluding carboxylic acids is 1. The summed E-state index contributed by atoms with van der Waals surface area (Å²) < 4.78 is 58.8. The lowest BCUT2D eigenvalue weighted by Gasteiger charge is -2.17. The van der Waals surface area contributed by atoms with E-state index in [0.717, 1.165) is 18.2 Å². The molecule has 0 aliphatic rings. The maximum atomic E-state index is 13.8. The summed E-state index contributed by atoms with van der Waals surface area (Å²) in [6.45, 7) is -0.453. The Morgan fingerprint density at radius 2 is 1.68 bits per heavy atom. The van der Waals surface area contributed by atoms with Crippen molar-refractivity contribution in [3.63, 3.8) is 0 Å². The molecular weight excluding hydrogens is 412 g/mol. The minimum absolute atomic E-state index is 0.0374. The maximum absolute atomic E-state index is 13.8. The van der Waals surface area contributed by atoms with E-state index < -0.39 is 44.7 Å². The van der Waals surface area contributed by atoms with Crippen molar-refractivity contribution in [1.29, 1.82) is 0 Å². The SMILES string of the molecule is O=C(NC[C@@H](c1ccco1)S(=O)(=O)c1ccc(Cl)cc1)c1c(F)cccc1F. The summed E-state index contributed by atoms with van der Waals surface area (Å²) in [5.41, 5.74) is -0.787. The monoisotopic (exact) mass is 425 g/mol. The van der Waals surface area contributed by atoms with Crippen LogP contribution in [0.5, 0.6) is 0 Å². The van der Waals surface area contributed by atoms with Gasteiger partial charge in [0.2, 0.25) is 0 Å². The summed E-state index contributed by atoms with van der Waals surface area (Å²) in [4.78, 5) is 12.2. The number of nitrogens with one attached hydrogen (secondary N) is 1. The van der Waals surface area contributed by atoms with E-state index in [0.29, 0.717) is 5.02 Å². The van der Waals surface area contributed by atoms with Crippen LogP contribution < -0.4 is 5.32 Å². The van der Waals surface area contributed by atoms with Gasteiger partial charge in [-0.25, -0.2) is 17.2 Å². The van der Waals surface area contributed by atoms with Crippen molar-refractivity contribution in [2.75, 3.05) is 6.54 Å². The van der Waals surface area contributed by atoms with Gasteiger partial charge >= 0.3 is 0 Å². The highest BCUT2D eigenvalue weighted by Gasteiger charge is 2.32. The molecule has 0 unspecified atom stereocenters. The highest BCUT2D eigenvalue weighted by molar-refractivity contribution is 7.91. The Labute approximate surface area is 164 Å². The Hall–Kier alpha value is -2.71. The van der Waals surface area contributed by atoms with Gasteiger partial charge in [-0.05, 0) is 48.5 Å². The zero-order valence-electron chi connectivity index (χ0n) is 14.2. The van der Waals surface area contributed by atoms with Crippen molar-refractivity contribution in [3.05, 3.63) is 88.8 Å². The fourth-order valence-corrected chi connectivity index (χ4v) is 4.33. The lowest BCUT2D eigenvalue weighted by Crippen LogP contribution is -2.32. The van der Waals surface area contributed by atoms with Crippen molar-refractivity contribution in [2.24, 2.45) is 0 Å². The van der Waals surface area contributed by atoms with Crippen LogP contribution in [0.4, 0.5) is 8.78 Å². The van der Waals surface area contributed by atoms with Crippen LogP contribution in [0, 0.1) is 11.6 Å². The topological polar surface area (TPSA) is 76.4 Å². The number of sulfone groups is 1. The molecule has 1 N–H and O–H groups in total. The zero-order valence-corrected chi connectivity index (χ0v) is 15.8. The van der Waals surface area contributed by atoms with Crippen LogP contribution in [0.25, 0.3) is 0 Å². The number of halogens is 3. The molecule has 1 heterocycles. The number of hydrogen-bond acceptors (Lipinski definition) is 4. The van der Waals surface area contributed by atoms with Gasteiger partial charge in [-0.1, -0.05) is 17.7 Å². The van der Waals surface area contributed by atoms with Gasteiger partial charge in [0.15, 0.2) is 9.84 Å². The van der Waals surface area contributed by atoms with Gasteiger partial charge < -0.3 is 9.73 Å². The predicted octanol–water partition coefficient (Wildman–Crippen LogP) is 4.16. The summed E-state index contributed by atoms with van der Waals surface area (Å²) in [6.07, 6.45) is 1.29. The minimum atomic E-state index is -3.99. The molecule has 9 heteroatoms. The number of benzene rings is 2. The lowest BCUT2D eigenvalue weighted by molar-refractivity contribution is 0.0945. The van der Waals surface area contributed by atoms with Gasteiger partial charge in [0, 0.05) is 11.6 Å². The lowest BCUT2D eigenvalue weighted by atomic mass is 10.2. The molecule has 5 nitrogen and oxygen atoms in total. The average Bonchev–Trinajstić information content (AvgIpc) is 3.16. The first kappa shape index (κ1) is 20.0. The number of hydrogen-bond donors (Lipinski definition) is 1. The van der Waals surface area contributed by atoms with E-state index in [1.807, 2.05) is 0 Å². The van der Waals surface area contributed by atoms with Crippen molar-refractivity contribution in [1.82, 2.24) is 5.32 Å². The van der Waals surface area contributed by atoms with E-state index in [1.54, 1.807) is 0 Å². The summed E-state index contributed by atoms with van der Waals surface area (Å²) in [7, 11) is -3.99. The molecule has 0 radical (unpaired) electrons. The Balaban J connectivity index is 1.90. The number of amides is 1. The fraction of sp³-hybridized carbons (Fsp3) is 0.105. The van der Waals surface area contributed by atoms with Crippen molar-refractivity contribution in [2.45, 2.75) is 10.1 Å². The van der Waals surface area contributed by atoms with E-state index in [-0.39, 0.29) is 10.7 Å². The summed E-state index contributed by atoms with van der Waals surface area (Å²) >= 11 is 5.80. The van der Waals surface area contributed by atoms with E-state index in [9.17, 15) is 22.0 Å². The molecule has 1 amide bonds. The summed E-state index contributed by atoms with van der Waals surface area (Å²) in [5, 5.41) is 1.33. The third-order valence-corrected chi connectivity index (χ3v) is 6.34. The molecule has 0 fully saturated rings. The molecule has 0 aliphatic carbocycles. The second-order valence-corrected chi connectivity index (χ2v) is 8.38. The van der Waals surface area contributed by atoms with Gasteiger partial charge in [0.1, 0.15) is 28.2 Å². The van der Waals surface area contributed by atoms with Crippen LogP contribution >= 0.6 is 11.6 Å². The molecule has 28 heavy (non-hydrogen) atoms. The number of carbonyl (C=O) groups is 1. The van der Waals surface area contributed by atoms with Crippen LogP contribution in [0.15, 0.2) is 70.2 Å². The smallest absolute Gasteiger partial charge is 0.257 e. The molecule has 146 valence electrons. The zero-order chi connectivity index (χ0) is 20.3. The minimum Gasteiger partial charge on any atom is -0.468 e. The van der Waals surface area contributed by atoms with Gasteiger partial charge in [-0.2, -0.15) is 0 Å². The van der Waals surface area contributed by atoms with E-state index >= 15 is 0 Å². The van der Waals surface area contributed by atoms with Gasteiger partial charge in [-0.15, -0.1) is 0 Å². The normalized spacial score (nSPS) is 12.5. The van der Waals surface area contributed by atoms with Crippen LogP contribution in [0.2, 0.25) is 5.02 Å². The third kappa shape index (κ3) is 4.07. The Bertz CT molecular complexity index is 1060. The Kier molecular flexibility index (Phi) is 5.81. The number of rotatable bonds is 6. The molecule has 2 aromatic carbocycles. The highest BCUT2D eigenvalue weighted by atomic mass is 35.5. The molecule has 3 aromatic rings. The molecule has 1 aromatic heterocycles.